The Morgan fingerprint density at radius 2 is 1.45 bits per heavy atom. The second-order valence-corrected chi connectivity index (χ2v) is 18.1. The van der Waals surface area contributed by atoms with E-state index in [1.165, 1.54) is 56.6 Å². The molecule has 1 aliphatic heterocycles. The van der Waals surface area contributed by atoms with Crippen LogP contribution < -0.4 is 31.6 Å². The van der Waals surface area contributed by atoms with E-state index in [0.717, 1.165) is 31.1 Å². The Morgan fingerprint density at radius 3 is 2.05 bits per heavy atom. The highest BCUT2D eigenvalue weighted by atomic mass is 32.1. The third-order valence-electron chi connectivity index (χ3n) is 12.4. The summed E-state index contributed by atoms with van der Waals surface area (Å²) in [6.07, 6.45) is 11.6. The summed E-state index contributed by atoms with van der Waals surface area (Å²) in [7, 11) is 1.48. The molecule has 19 heteroatoms. The summed E-state index contributed by atoms with van der Waals surface area (Å²) in [5.74, 6) is -0.891. The summed E-state index contributed by atoms with van der Waals surface area (Å²) >= 11 is 1.31. The lowest BCUT2D eigenvalue weighted by atomic mass is 9.86. The number of nitrogens with zero attached hydrogens (tertiary/aromatic N) is 8. The summed E-state index contributed by atoms with van der Waals surface area (Å²) in [6.45, 7) is 11.9. The van der Waals surface area contributed by atoms with Gasteiger partial charge in [0, 0.05) is 43.9 Å². The van der Waals surface area contributed by atoms with Crippen molar-refractivity contribution in [2.24, 2.45) is 16.9 Å². The lowest BCUT2D eigenvalue weighted by Crippen LogP contribution is -2.27. The standard InChI is InChI=1S/C46H56N12O6S/c1-6-31-39(65-28(4)49-31)43(62)53-45-51-33-23-30(41(48)60)25-36(64-20-12-16-55-19-15-46(26-55)13-8-9-14-46)38(33)57(45)18-11-10-17-56-37-32(22-29(40(47)59)24-35(37)63-5)50-44(56)52-42(61)34-21-27(3)54-58(34)7-2/h10-11,21-25H,6-9,12-20,26H2,1-5H3,(H2,47,59)(H2,48,60)(H,50,52,61)(H,51,53,62)/b11-10+. The van der Waals surface area contributed by atoms with Crippen molar-refractivity contribution in [1.29, 1.82) is 0 Å². The predicted octanol–water partition coefficient (Wildman–Crippen LogP) is 6.24. The van der Waals surface area contributed by atoms with Gasteiger partial charge in [-0.25, -0.2) is 15.0 Å². The van der Waals surface area contributed by atoms with E-state index in [1.807, 2.05) is 44.4 Å². The second-order valence-electron chi connectivity index (χ2n) is 16.9. The Kier molecular flexibility index (Phi) is 13.1. The Hall–Kier alpha value is -6.60. The SMILES string of the molecule is CCc1nc(C)sc1C(=O)Nc1nc2cc(C(N)=O)cc(OCCCN3CCC4(CCCC4)C3)c2n1C/C=C/Cn1c(NC(=O)c2cc(C)nn2CC)nc2cc(C(N)=O)cc(OC)c21. The number of carbonyl (C=O) groups excluding carboxylic acids is 4. The molecule has 0 unspecified atom stereocenters. The predicted molar refractivity (Wildman–Crippen MR) is 249 cm³/mol. The highest BCUT2D eigenvalue weighted by Crippen LogP contribution is 2.45. The molecule has 342 valence electrons. The minimum atomic E-state index is -0.658. The molecule has 0 bridgehead atoms. The second kappa shape index (κ2) is 18.9. The molecule has 1 saturated heterocycles. The van der Waals surface area contributed by atoms with E-state index in [9.17, 15) is 19.2 Å². The average Bonchev–Trinajstić information content (AvgIpc) is 4.16. The maximum Gasteiger partial charge on any atom is 0.276 e. The van der Waals surface area contributed by atoms with Crippen LogP contribution in [0.4, 0.5) is 11.9 Å². The molecule has 6 aromatic rings. The number of nitrogens with one attached hydrogen (secondary N) is 2. The molecule has 1 aliphatic carbocycles. The van der Waals surface area contributed by atoms with Gasteiger partial charge in [-0.15, -0.1) is 11.3 Å². The van der Waals surface area contributed by atoms with Gasteiger partial charge in [0.2, 0.25) is 23.7 Å². The van der Waals surface area contributed by atoms with Gasteiger partial charge in [-0.05, 0) is 95.2 Å². The van der Waals surface area contributed by atoms with Gasteiger partial charge in [-0.3, -0.25) is 34.5 Å². The number of ether oxygens (including phenoxy) is 2. The topological polar surface area (TPSA) is 232 Å². The fourth-order valence-corrected chi connectivity index (χ4v) is 10.2. The van der Waals surface area contributed by atoms with Crippen LogP contribution in [0.3, 0.4) is 0 Å². The maximum atomic E-state index is 13.9. The van der Waals surface area contributed by atoms with Crippen molar-refractivity contribution in [2.75, 3.05) is 44.0 Å². The number of hydrogen-bond donors (Lipinski definition) is 4. The van der Waals surface area contributed by atoms with E-state index in [-0.39, 0.29) is 42.0 Å². The van der Waals surface area contributed by atoms with Crippen LogP contribution >= 0.6 is 11.3 Å². The fraction of sp³-hybridized carbons (Fsp3) is 0.435. The molecule has 1 saturated carbocycles. The Labute approximate surface area is 380 Å². The first kappa shape index (κ1) is 45.0. The minimum absolute atomic E-state index is 0.186. The average molecular weight is 905 g/mol. The number of methoxy groups -OCH3 is 1. The Bertz CT molecular complexity index is 2830. The fourth-order valence-electron chi connectivity index (χ4n) is 9.32. The molecule has 0 radical (unpaired) electrons. The maximum absolute atomic E-state index is 13.9. The molecule has 65 heavy (non-hydrogen) atoms. The Balaban J connectivity index is 1.13. The quantitative estimate of drug-likeness (QED) is 0.0557. The molecular formula is C46H56N12O6S. The minimum Gasteiger partial charge on any atom is -0.494 e. The third kappa shape index (κ3) is 9.33. The van der Waals surface area contributed by atoms with Gasteiger partial charge in [-0.2, -0.15) is 5.10 Å². The summed E-state index contributed by atoms with van der Waals surface area (Å²) in [5.41, 5.74) is 16.0. The number of aromatic nitrogens is 7. The molecule has 0 atom stereocenters. The largest absolute Gasteiger partial charge is 0.494 e. The van der Waals surface area contributed by atoms with Crippen LogP contribution in [0.1, 0.15) is 110 Å². The number of allylic oxidation sites excluding steroid dienone is 2. The molecule has 2 fully saturated rings. The molecule has 8 rings (SSSR count). The summed E-state index contributed by atoms with van der Waals surface area (Å²) < 4.78 is 17.4. The van der Waals surface area contributed by atoms with Gasteiger partial charge in [0.15, 0.2) is 0 Å². The lowest BCUT2D eigenvalue weighted by molar-refractivity contribution is 0.0991. The summed E-state index contributed by atoms with van der Waals surface area (Å²) in [6, 6.07) is 8.02. The molecule has 1 spiro atoms. The van der Waals surface area contributed by atoms with Crippen molar-refractivity contribution in [3.63, 3.8) is 0 Å². The van der Waals surface area contributed by atoms with Crippen molar-refractivity contribution in [3.8, 4) is 11.5 Å². The van der Waals surface area contributed by atoms with Crippen molar-refractivity contribution in [2.45, 2.75) is 92.3 Å². The van der Waals surface area contributed by atoms with Crippen molar-refractivity contribution in [1.82, 2.24) is 38.8 Å². The first-order valence-corrected chi connectivity index (χ1v) is 23.0. The first-order chi connectivity index (χ1) is 31.3. The number of primary amides is 2. The van der Waals surface area contributed by atoms with Crippen LogP contribution in [-0.2, 0) is 26.1 Å². The zero-order valence-electron chi connectivity index (χ0n) is 37.5. The number of carbonyl (C=O) groups is 4. The molecule has 5 heterocycles. The van der Waals surface area contributed by atoms with Gasteiger partial charge in [0.25, 0.3) is 11.8 Å². The highest BCUT2D eigenvalue weighted by molar-refractivity contribution is 7.13. The number of imidazole rings is 2. The first-order valence-electron chi connectivity index (χ1n) is 22.2. The summed E-state index contributed by atoms with van der Waals surface area (Å²) in [4.78, 5) is 69.7. The molecule has 4 aromatic heterocycles. The molecule has 4 amide bonds. The van der Waals surface area contributed by atoms with E-state index in [4.69, 9.17) is 30.9 Å². The molecular weight excluding hydrogens is 849 g/mol. The molecule has 6 N–H and O–H groups in total. The summed E-state index contributed by atoms with van der Waals surface area (Å²) in [5, 5.41) is 11.2. The van der Waals surface area contributed by atoms with Crippen LogP contribution in [0.25, 0.3) is 22.1 Å². The Morgan fingerprint density at radius 1 is 0.831 bits per heavy atom. The molecule has 2 aromatic carbocycles. The van der Waals surface area contributed by atoms with E-state index in [2.05, 4.69) is 25.6 Å². The number of fused-ring (bicyclic) bond motifs is 2. The number of amides is 4. The number of nitrogens with two attached hydrogens (primary N) is 2. The number of thiazole rings is 1. The van der Waals surface area contributed by atoms with Gasteiger partial charge in [-0.1, -0.05) is 31.9 Å². The van der Waals surface area contributed by atoms with Crippen molar-refractivity contribution >= 4 is 68.9 Å². The highest BCUT2D eigenvalue weighted by Gasteiger charge is 2.39. The van der Waals surface area contributed by atoms with Crippen LogP contribution in [0, 0.1) is 19.3 Å². The number of rotatable bonds is 18. The number of benzene rings is 2. The number of hydrogen-bond acceptors (Lipinski definition) is 12. The monoisotopic (exact) mass is 904 g/mol. The normalized spacial score (nSPS) is 14.9. The van der Waals surface area contributed by atoms with Crippen LogP contribution in [0.5, 0.6) is 11.5 Å². The number of aryl methyl sites for hydroxylation is 4. The number of anilines is 2. The lowest BCUT2D eigenvalue weighted by Gasteiger charge is -2.23. The smallest absolute Gasteiger partial charge is 0.276 e. The van der Waals surface area contributed by atoms with Gasteiger partial charge in [0.1, 0.15) is 33.1 Å². The van der Waals surface area contributed by atoms with E-state index in [0.29, 0.717) is 80.5 Å². The number of likely N-dealkylation sites (tertiary alicyclic amines) is 1. The van der Waals surface area contributed by atoms with Gasteiger partial charge < -0.3 is 35.0 Å². The van der Waals surface area contributed by atoms with Crippen molar-refractivity contribution in [3.05, 3.63) is 80.6 Å². The molecule has 2 aliphatic rings. The van der Waals surface area contributed by atoms with Crippen LogP contribution in [0.15, 0.2) is 42.5 Å². The van der Waals surface area contributed by atoms with Crippen LogP contribution in [0.2, 0.25) is 0 Å². The zero-order chi connectivity index (χ0) is 46.0. The van der Waals surface area contributed by atoms with E-state index < -0.39 is 17.7 Å². The molecule has 18 nitrogen and oxygen atoms in total. The van der Waals surface area contributed by atoms with Crippen molar-refractivity contribution < 1.29 is 28.7 Å². The van der Waals surface area contributed by atoms with E-state index in [1.54, 1.807) is 33.5 Å². The van der Waals surface area contributed by atoms with E-state index >= 15 is 0 Å². The van der Waals surface area contributed by atoms with Gasteiger partial charge in [0.05, 0.1) is 41.1 Å². The zero-order valence-corrected chi connectivity index (χ0v) is 38.3. The van der Waals surface area contributed by atoms with Crippen LogP contribution in [-0.4, -0.2) is 95.7 Å². The third-order valence-corrected chi connectivity index (χ3v) is 13.4. The van der Waals surface area contributed by atoms with Gasteiger partial charge >= 0.3 is 0 Å².